The van der Waals surface area contributed by atoms with Gasteiger partial charge in [-0.25, -0.2) is 8.42 Å². The largest absolute Gasteiger partial charge is 3.00 e. The van der Waals surface area contributed by atoms with Crippen LogP contribution in [0.15, 0.2) is 0 Å². The van der Waals surface area contributed by atoms with E-state index in [0.717, 1.165) is 31.9 Å². The van der Waals surface area contributed by atoms with E-state index in [0.29, 0.717) is 6.42 Å². The third-order valence-electron chi connectivity index (χ3n) is 7.81. The Hall–Kier alpha value is -0.555. The van der Waals surface area contributed by atoms with Gasteiger partial charge in [0.15, 0.2) is 0 Å². The van der Waals surface area contributed by atoms with Crippen LogP contribution < -0.4 is 15.3 Å². The van der Waals surface area contributed by atoms with E-state index < -0.39 is 59.8 Å². The summed E-state index contributed by atoms with van der Waals surface area (Å²) in [5, 5.41) is 45.0. The van der Waals surface area contributed by atoms with Gasteiger partial charge in [0, 0.05) is 78.5 Å². The molecular formula is C29H54GdN5O9S. The molecule has 0 aliphatic carbocycles. The van der Waals surface area contributed by atoms with Crippen LogP contribution in [0.5, 0.6) is 0 Å². The molecular weight excluding hydrogens is 752 g/mol. The number of aliphatic hydroxyl groups excluding tert-OH is 1. The Morgan fingerprint density at radius 2 is 1.18 bits per heavy atom. The molecule has 1 radical (unpaired) electrons. The Morgan fingerprint density at radius 3 is 1.60 bits per heavy atom. The first-order valence-corrected chi connectivity index (χ1v) is 17.7. The van der Waals surface area contributed by atoms with Crippen molar-refractivity contribution < 1.29 is 83.2 Å². The summed E-state index contributed by atoms with van der Waals surface area (Å²) in [6.45, 7) is 3.48. The number of carbonyl (C=O) groups excluding carboxylic acids is 3. The number of aliphatic carboxylic acids is 3. The Balaban J connectivity index is 0.0000194. The van der Waals surface area contributed by atoms with E-state index in [2.05, 4.69) is 6.92 Å². The van der Waals surface area contributed by atoms with Crippen molar-refractivity contribution in [2.75, 3.05) is 84.8 Å². The van der Waals surface area contributed by atoms with Gasteiger partial charge in [-0.15, -0.1) is 0 Å². The maximum Gasteiger partial charge on any atom is 3.00 e. The number of carbonyl (C=O) groups is 3. The molecule has 0 spiro atoms. The summed E-state index contributed by atoms with van der Waals surface area (Å²) in [5.41, 5.74) is 0. The molecule has 1 aliphatic heterocycles. The minimum atomic E-state index is -3.84. The molecule has 263 valence electrons. The number of carboxylic acid groups (broad SMARTS) is 3. The number of unbranched alkanes of at least 4 members (excludes halogenated alkanes) is 8. The molecule has 14 nitrogen and oxygen atoms in total. The van der Waals surface area contributed by atoms with Crippen LogP contribution in [0, 0.1) is 39.9 Å². The van der Waals surface area contributed by atoms with E-state index in [-0.39, 0.29) is 98.8 Å². The average Bonchev–Trinajstić information content (AvgIpc) is 2.89. The molecule has 1 rings (SSSR count). The Bertz CT molecular complexity index is 960. The quantitative estimate of drug-likeness (QED) is 0.122. The van der Waals surface area contributed by atoms with E-state index in [1.54, 1.807) is 16.7 Å². The predicted octanol–water partition coefficient (Wildman–Crippen LogP) is -3.04. The summed E-state index contributed by atoms with van der Waals surface area (Å²) < 4.78 is 27.7. The smallest absolute Gasteiger partial charge is 0.549 e. The summed E-state index contributed by atoms with van der Waals surface area (Å²) in [7, 11) is -3.84. The second-order valence-electron chi connectivity index (χ2n) is 11.9. The number of carboxylic acids is 3. The van der Waals surface area contributed by atoms with Crippen LogP contribution in [0.2, 0.25) is 0 Å². The summed E-state index contributed by atoms with van der Waals surface area (Å²) in [6.07, 6.45) is 8.63. The molecule has 0 amide bonds. The van der Waals surface area contributed by atoms with Crippen LogP contribution in [0.1, 0.15) is 71.6 Å². The number of rotatable bonds is 20. The standard InChI is InChI=1S/C29H57N5O9S.Gd/c1-4-5-6-7-8-9-10-11-12-13-34(44(3,42)43)26-21-32(20-25(2)35)17-16-30(22-27(36)37)14-15-31(23-28(38)39)18-19-33(26)24-29(40)41;/h25-26,35H,4-24H2,1-3H3,(H,36,37)(H,38,39)(H,40,41);/q;+3/p-3. The first-order chi connectivity index (χ1) is 20.7. The first-order valence-electron chi connectivity index (χ1n) is 15.9. The third-order valence-corrected chi connectivity index (χ3v) is 9.09. The maximum absolute atomic E-state index is 13.2. The molecule has 16 heteroatoms. The Labute approximate surface area is 301 Å². The molecule has 2 atom stereocenters. The van der Waals surface area contributed by atoms with Crippen LogP contribution in [0.4, 0.5) is 0 Å². The van der Waals surface area contributed by atoms with Crippen LogP contribution >= 0.6 is 0 Å². The zero-order chi connectivity index (χ0) is 33.1. The van der Waals surface area contributed by atoms with Gasteiger partial charge in [0.1, 0.15) is 0 Å². The molecule has 0 aromatic heterocycles. The van der Waals surface area contributed by atoms with Crippen molar-refractivity contribution in [3.63, 3.8) is 0 Å². The molecule has 0 bridgehead atoms. The number of hydrogen-bond donors (Lipinski definition) is 1. The van der Waals surface area contributed by atoms with Gasteiger partial charge in [-0.05, 0) is 13.3 Å². The molecule has 1 saturated heterocycles. The van der Waals surface area contributed by atoms with Crippen LogP contribution in [0.3, 0.4) is 0 Å². The fraction of sp³-hybridized carbons (Fsp3) is 0.897. The summed E-state index contributed by atoms with van der Waals surface area (Å²) in [4.78, 5) is 41.2. The predicted molar refractivity (Wildman–Crippen MR) is 160 cm³/mol. The van der Waals surface area contributed by atoms with E-state index in [4.69, 9.17) is 0 Å². The molecule has 1 aliphatic rings. The van der Waals surface area contributed by atoms with Crippen molar-refractivity contribution in [3.05, 3.63) is 0 Å². The van der Waals surface area contributed by atoms with Crippen molar-refractivity contribution in [3.8, 4) is 0 Å². The zero-order valence-corrected chi connectivity index (χ0v) is 30.3. The molecule has 1 heterocycles. The van der Waals surface area contributed by atoms with Gasteiger partial charge >= 0.3 is 39.9 Å². The second kappa shape index (κ2) is 24.6. The average molecular weight is 806 g/mol. The molecule has 1 fully saturated rings. The van der Waals surface area contributed by atoms with Crippen molar-refractivity contribution in [2.24, 2.45) is 0 Å². The summed E-state index contributed by atoms with van der Waals surface area (Å²) >= 11 is 0. The van der Waals surface area contributed by atoms with E-state index >= 15 is 0 Å². The van der Waals surface area contributed by atoms with Crippen LogP contribution in [0.25, 0.3) is 0 Å². The minimum Gasteiger partial charge on any atom is -0.549 e. The number of β-amino-alcohol motifs (C(OH)–C–C–N with tert-alkyl or cyclic N) is 1. The summed E-state index contributed by atoms with van der Waals surface area (Å²) in [5.74, 6) is -4.06. The maximum atomic E-state index is 13.2. The van der Waals surface area contributed by atoms with Gasteiger partial charge < -0.3 is 34.8 Å². The van der Waals surface area contributed by atoms with E-state index in [1.807, 2.05) is 0 Å². The molecule has 45 heavy (non-hydrogen) atoms. The zero-order valence-electron chi connectivity index (χ0n) is 27.2. The SMILES string of the molecule is CCCCCCCCCCCN(C1CN(CC(C)O)CCN(CC(=O)[O-])CCN(CC(=O)[O-])CCN1CC(=O)[O-])S(C)(=O)=O.[Gd+3]. The van der Waals surface area contributed by atoms with Gasteiger partial charge in [-0.2, -0.15) is 4.31 Å². The third kappa shape index (κ3) is 21.1. The normalized spacial score (nSPS) is 19.4. The van der Waals surface area contributed by atoms with Gasteiger partial charge in [-0.1, -0.05) is 58.3 Å². The molecule has 0 saturated carbocycles. The first kappa shape index (κ1) is 44.4. The van der Waals surface area contributed by atoms with Crippen molar-refractivity contribution >= 4 is 27.9 Å². The fourth-order valence-electron chi connectivity index (χ4n) is 5.60. The Morgan fingerprint density at radius 1 is 0.756 bits per heavy atom. The molecule has 2 unspecified atom stereocenters. The second-order valence-corrected chi connectivity index (χ2v) is 13.9. The van der Waals surface area contributed by atoms with Gasteiger partial charge in [0.25, 0.3) is 0 Å². The van der Waals surface area contributed by atoms with Crippen molar-refractivity contribution in [1.82, 2.24) is 23.9 Å². The number of sulfonamides is 1. The van der Waals surface area contributed by atoms with Crippen LogP contribution in [-0.4, -0.2) is 152 Å². The van der Waals surface area contributed by atoms with E-state index in [9.17, 15) is 43.2 Å². The molecule has 0 aromatic rings. The monoisotopic (exact) mass is 806 g/mol. The van der Waals surface area contributed by atoms with Gasteiger partial charge in [0.05, 0.1) is 36.4 Å². The van der Waals surface area contributed by atoms with Crippen molar-refractivity contribution in [2.45, 2.75) is 83.9 Å². The fourth-order valence-corrected chi connectivity index (χ4v) is 6.71. The Kier molecular flexibility index (Phi) is 24.3. The van der Waals surface area contributed by atoms with Crippen molar-refractivity contribution in [1.29, 1.82) is 0 Å². The number of nitrogens with zero attached hydrogens (tertiary/aromatic N) is 5. The number of aliphatic hydroxyl groups is 1. The van der Waals surface area contributed by atoms with Gasteiger partial charge in [0.2, 0.25) is 10.0 Å². The summed E-state index contributed by atoms with van der Waals surface area (Å²) in [6, 6.07) is 0. The topological polar surface area (TPSA) is 191 Å². The van der Waals surface area contributed by atoms with E-state index in [1.165, 1.54) is 39.8 Å². The van der Waals surface area contributed by atoms with Crippen LogP contribution in [-0.2, 0) is 24.4 Å². The minimum absolute atomic E-state index is 0. The van der Waals surface area contributed by atoms with Gasteiger partial charge in [-0.3, -0.25) is 19.6 Å². The molecule has 0 aromatic carbocycles. The number of hydrogen-bond acceptors (Lipinski definition) is 13. The molecule has 1 N–H and O–H groups in total.